The van der Waals surface area contributed by atoms with Crippen molar-refractivity contribution in [3.63, 3.8) is 0 Å². The number of hydrogen-bond donors (Lipinski definition) is 2. The summed E-state index contributed by atoms with van der Waals surface area (Å²) in [6, 6.07) is 0.620. The lowest BCUT2D eigenvalue weighted by molar-refractivity contribution is -0.123. The molecule has 1 aliphatic heterocycles. The van der Waals surface area contributed by atoms with Crippen molar-refractivity contribution in [2.24, 2.45) is 10.9 Å². The highest BCUT2D eigenvalue weighted by Crippen LogP contribution is 2.17. The highest BCUT2D eigenvalue weighted by molar-refractivity contribution is 14.0. The smallest absolute Gasteiger partial charge is 0.222 e. The summed E-state index contributed by atoms with van der Waals surface area (Å²) >= 11 is 0. The number of carbonyl (C=O) groups excluding carboxylic acids is 1. The molecule has 0 aromatic heterocycles. The first-order chi connectivity index (χ1) is 10.5. The third-order valence-corrected chi connectivity index (χ3v) is 4.19. The molecule has 1 amide bonds. The van der Waals surface area contributed by atoms with Gasteiger partial charge in [0.1, 0.15) is 0 Å². The van der Waals surface area contributed by atoms with Crippen molar-refractivity contribution in [3.8, 4) is 0 Å². The Kier molecular flexibility index (Phi) is 11.6. The number of hydrogen-bond acceptors (Lipinski definition) is 3. The van der Waals surface area contributed by atoms with Crippen LogP contribution in [0.3, 0.4) is 0 Å². The third-order valence-electron chi connectivity index (χ3n) is 4.19. The summed E-state index contributed by atoms with van der Waals surface area (Å²) in [4.78, 5) is 20.6. The molecule has 23 heavy (non-hydrogen) atoms. The molecule has 1 fully saturated rings. The second-order valence-corrected chi connectivity index (χ2v) is 6.22. The van der Waals surface area contributed by atoms with Gasteiger partial charge in [0.25, 0.3) is 0 Å². The van der Waals surface area contributed by atoms with Gasteiger partial charge < -0.3 is 15.5 Å². The van der Waals surface area contributed by atoms with Crippen molar-refractivity contribution in [1.29, 1.82) is 0 Å². The number of carbonyl (C=O) groups is 1. The number of guanidine groups is 1. The average Bonchev–Trinajstić information content (AvgIpc) is 2.93. The first kappa shape index (κ1) is 22.4. The number of amides is 1. The van der Waals surface area contributed by atoms with Crippen molar-refractivity contribution in [1.82, 2.24) is 20.4 Å². The summed E-state index contributed by atoms with van der Waals surface area (Å²) in [6.45, 7) is 10.7. The third kappa shape index (κ3) is 7.69. The lowest BCUT2D eigenvalue weighted by atomic mass is 10.2. The molecule has 1 saturated heterocycles. The van der Waals surface area contributed by atoms with Gasteiger partial charge in [-0.05, 0) is 25.9 Å². The van der Waals surface area contributed by atoms with E-state index in [2.05, 4.69) is 39.4 Å². The standard InChI is InChI=1S/C16H33N5O.HI/c1-6-21-11-7-8-14(21)12-20(5)16(17-4)19-10-9-18-15(22)13(2)3;/h13-14H,6-12H2,1-5H3,(H,17,19)(H,18,22);1H. The predicted octanol–water partition coefficient (Wildman–Crippen LogP) is 1.37. The van der Waals surface area contributed by atoms with E-state index in [-0.39, 0.29) is 35.8 Å². The van der Waals surface area contributed by atoms with Crippen LogP contribution in [0, 0.1) is 5.92 Å². The number of likely N-dealkylation sites (tertiary alicyclic amines) is 1. The van der Waals surface area contributed by atoms with Crippen LogP contribution in [0.1, 0.15) is 33.6 Å². The summed E-state index contributed by atoms with van der Waals surface area (Å²) < 4.78 is 0. The van der Waals surface area contributed by atoms with Crippen LogP contribution in [-0.4, -0.2) is 74.5 Å². The minimum absolute atomic E-state index is 0. The SMILES string of the molecule is CCN1CCCC1CN(C)C(=NC)NCCNC(=O)C(C)C.I. The molecule has 0 saturated carbocycles. The van der Waals surface area contributed by atoms with E-state index < -0.39 is 0 Å². The molecule has 1 aliphatic rings. The summed E-state index contributed by atoms with van der Waals surface area (Å²) in [5.74, 6) is 1.01. The Morgan fingerprint density at radius 2 is 2.00 bits per heavy atom. The monoisotopic (exact) mass is 439 g/mol. The quantitative estimate of drug-likeness (QED) is 0.272. The lowest BCUT2D eigenvalue weighted by Crippen LogP contribution is -2.47. The number of likely N-dealkylation sites (N-methyl/N-ethyl adjacent to an activating group) is 2. The van der Waals surface area contributed by atoms with Crippen molar-refractivity contribution in [3.05, 3.63) is 0 Å². The molecular formula is C16H34IN5O. The maximum Gasteiger partial charge on any atom is 0.222 e. The zero-order valence-electron chi connectivity index (χ0n) is 15.3. The Hall–Kier alpha value is -0.570. The minimum Gasteiger partial charge on any atom is -0.354 e. The van der Waals surface area contributed by atoms with Crippen molar-refractivity contribution in [2.75, 3.05) is 46.8 Å². The maximum atomic E-state index is 11.5. The van der Waals surface area contributed by atoms with E-state index >= 15 is 0 Å². The van der Waals surface area contributed by atoms with Crippen LogP contribution in [0.25, 0.3) is 0 Å². The summed E-state index contributed by atoms with van der Waals surface area (Å²) in [5, 5.41) is 6.22. The number of nitrogens with one attached hydrogen (secondary N) is 2. The Bertz CT molecular complexity index is 375. The van der Waals surface area contributed by atoms with Gasteiger partial charge in [0.2, 0.25) is 5.91 Å². The van der Waals surface area contributed by atoms with E-state index in [1.807, 2.05) is 13.8 Å². The molecule has 1 rings (SSSR count). The number of aliphatic imine (C=N–C) groups is 1. The lowest BCUT2D eigenvalue weighted by Gasteiger charge is -2.29. The average molecular weight is 439 g/mol. The van der Waals surface area contributed by atoms with E-state index in [1.165, 1.54) is 19.4 Å². The van der Waals surface area contributed by atoms with Gasteiger partial charge in [0.15, 0.2) is 5.96 Å². The zero-order chi connectivity index (χ0) is 16.5. The van der Waals surface area contributed by atoms with Gasteiger partial charge in [0.05, 0.1) is 0 Å². The van der Waals surface area contributed by atoms with Gasteiger partial charge in [-0.3, -0.25) is 14.7 Å². The molecule has 1 atom stereocenters. The first-order valence-corrected chi connectivity index (χ1v) is 8.43. The zero-order valence-corrected chi connectivity index (χ0v) is 17.6. The Labute approximate surface area is 158 Å². The van der Waals surface area contributed by atoms with Gasteiger partial charge in [-0.25, -0.2) is 0 Å². The van der Waals surface area contributed by atoms with Gasteiger partial charge in [-0.15, -0.1) is 24.0 Å². The summed E-state index contributed by atoms with van der Waals surface area (Å²) in [7, 11) is 3.88. The number of halogens is 1. The summed E-state index contributed by atoms with van der Waals surface area (Å²) in [6.07, 6.45) is 2.55. The highest BCUT2D eigenvalue weighted by atomic mass is 127. The second kappa shape index (κ2) is 11.9. The fourth-order valence-electron chi connectivity index (χ4n) is 2.87. The van der Waals surface area contributed by atoms with Crippen LogP contribution in [0.5, 0.6) is 0 Å². The van der Waals surface area contributed by atoms with E-state index in [0.29, 0.717) is 19.1 Å². The van der Waals surface area contributed by atoms with Crippen molar-refractivity contribution < 1.29 is 4.79 Å². The van der Waals surface area contributed by atoms with Crippen LogP contribution in [0.4, 0.5) is 0 Å². The molecule has 0 aromatic rings. The number of nitrogens with zero attached hydrogens (tertiary/aromatic N) is 3. The molecular weight excluding hydrogens is 405 g/mol. The Morgan fingerprint density at radius 1 is 1.35 bits per heavy atom. The Balaban J connectivity index is 0.00000484. The molecule has 0 radical (unpaired) electrons. The number of rotatable bonds is 7. The summed E-state index contributed by atoms with van der Waals surface area (Å²) in [5.41, 5.74) is 0. The van der Waals surface area contributed by atoms with Crippen LogP contribution in [-0.2, 0) is 4.79 Å². The predicted molar refractivity (Wildman–Crippen MR) is 108 cm³/mol. The molecule has 1 heterocycles. The second-order valence-electron chi connectivity index (χ2n) is 6.22. The first-order valence-electron chi connectivity index (χ1n) is 8.43. The maximum absolute atomic E-state index is 11.5. The van der Waals surface area contributed by atoms with Crippen LogP contribution < -0.4 is 10.6 Å². The molecule has 0 spiro atoms. The minimum atomic E-state index is 0. The molecule has 0 aromatic carbocycles. The normalized spacial score (nSPS) is 18.7. The topological polar surface area (TPSA) is 60.0 Å². The van der Waals surface area contributed by atoms with Gasteiger partial charge >= 0.3 is 0 Å². The fourth-order valence-corrected chi connectivity index (χ4v) is 2.87. The van der Waals surface area contributed by atoms with Crippen LogP contribution in [0.2, 0.25) is 0 Å². The van der Waals surface area contributed by atoms with E-state index in [9.17, 15) is 4.79 Å². The fraction of sp³-hybridized carbons (Fsp3) is 0.875. The molecule has 0 aliphatic carbocycles. The van der Waals surface area contributed by atoms with E-state index in [1.54, 1.807) is 7.05 Å². The van der Waals surface area contributed by atoms with Gasteiger partial charge in [0, 0.05) is 45.7 Å². The van der Waals surface area contributed by atoms with E-state index in [4.69, 9.17) is 0 Å². The van der Waals surface area contributed by atoms with Crippen LogP contribution >= 0.6 is 24.0 Å². The molecule has 1 unspecified atom stereocenters. The largest absolute Gasteiger partial charge is 0.354 e. The molecule has 0 bridgehead atoms. The van der Waals surface area contributed by atoms with Crippen molar-refractivity contribution >= 4 is 35.8 Å². The Morgan fingerprint density at radius 3 is 2.57 bits per heavy atom. The van der Waals surface area contributed by atoms with Crippen LogP contribution in [0.15, 0.2) is 4.99 Å². The van der Waals surface area contributed by atoms with Gasteiger partial charge in [-0.2, -0.15) is 0 Å². The molecule has 2 N–H and O–H groups in total. The van der Waals surface area contributed by atoms with E-state index in [0.717, 1.165) is 19.0 Å². The molecule has 6 nitrogen and oxygen atoms in total. The molecule has 136 valence electrons. The van der Waals surface area contributed by atoms with Gasteiger partial charge in [-0.1, -0.05) is 20.8 Å². The molecule has 7 heteroatoms. The van der Waals surface area contributed by atoms with Crippen molar-refractivity contribution in [2.45, 2.75) is 39.7 Å². The highest BCUT2D eigenvalue weighted by Gasteiger charge is 2.24.